The zero-order valence-corrected chi connectivity index (χ0v) is 17.0. The van der Waals surface area contributed by atoms with Crippen molar-refractivity contribution in [3.05, 3.63) is 34.5 Å². The molecule has 0 N–H and O–H groups in total. The third-order valence-corrected chi connectivity index (χ3v) is 5.05. The largest absolute Gasteiger partial charge is 0.493 e. The molecule has 1 aliphatic heterocycles. The minimum absolute atomic E-state index is 0.259. The lowest BCUT2D eigenvalue weighted by Gasteiger charge is -2.24. The Morgan fingerprint density at radius 3 is 2.44 bits per heavy atom. The van der Waals surface area contributed by atoms with Crippen LogP contribution in [0, 0.1) is 6.92 Å². The molecule has 0 fully saturated rings. The Hall–Kier alpha value is -2.47. The van der Waals surface area contributed by atoms with Gasteiger partial charge in [0.1, 0.15) is 5.69 Å². The number of carbonyl (C=O) groups is 1. The summed E-state index contributed by atoms with van der Waals surface area (Å²) in [6.07, 6.45) is 0.824. The minimum atomic E-state index is -0.259. The molecule has 146 valence electrons. The van der Waals surface area contributed by atoms with Crippen molar-refractivity contribution in [1.82, 2.24) is 9.47 Å². The Labute approximate surface area is 160 Å². The van der Waals surface area contributed by atoms with Crippen molar-refractivity contribution in [3.63, 3.8) is 0 Å². The topological polar surface area (TPSA) is 52.9 Å². The van der Waals surface area contributed by atoms with Crippen LogP contribution >= 0.6 is 0 Å². The van der Waals surface area contributed by atoms with Crippen LogP contribution in [0.5, 0.6) is 11.5 Å². The van der Waals surface area contributed by atoms with Crippen LogP contribution in [0.4, 0.5) is 0 Å². The molecule has 3 rings (SSSR count). The zero-order valence-electron chi connectivity index (χ0n) is 17.0. The second-order valence-corrected chi connectivity index (χ2v) is 7.02. The number of aromatic nitrogens is 1. The van der Waals surface area contributed by atoms with Crippen LogP contribution in [0.25, 0.3) is 11.3 Å². The second-order valence-electron chi connectivity index (χ2n) is 7.02. The monoisotopic (exact) mass is 372 g/mol. The van der Waals surface area contributed by atoms with E-state index in [4.69, 9.17) is 14.2 Å². The Morgan fingerprint density at radius 1 is 1.19 bits per heavy atom. The highest BCUT2D eigenvalue weighted by atomic mass is 16.5. The Kier molecular flexibility index (Phi) is 5.46. The molecule has 6 heteroatoms. The summed E-state index contributed by atoms with van der Waals surface area (Å²) in [4.78, 5) is 14.8. The van der Waals surface area contributed by atoms with E-state index in [2.05, 4.69) is 9.47 Å². The summed E-state index contributed by atoms with van der Waals surface area (Å²) in [6.45, 7) is 5.69. The van der Waals surface area contributed by atoms with E-state index >= 15 is 0 Å². The molecule has 0 atom stereocenters. The number of rotatable bonds is 6. The van der Waals surface area contributed by atoms with E-state index in [1.54, 1.807) is 14.2 Å². The fourth-order valence-corrected chi connectivity index (χ4v) is 3.88. The summed E-state index contributed by atoms with van der Waals surface area (Å²) in [5, 5.41) is 0. The lowest BCUT2D eigenvalue weighted by molar-refractivity contribution is 0.0513. The highest BCUT2D eigenvalue weighted by molar-refractivity contribution is 5.93. The van der Waals surface area contributed by atoms with Crippen molar-refractivity contribution < 1.29 is 19.0 Å². The summed E-state index contributed by atoms with van der Waals surface area (Å²) in [7, 11) is 7.36. The molecule has 0 amide bonds. The standard InChI is InChI=1S/C21H28N2O4/c1-7-27-21(24)19-13(2)16(12-22(3)4)20-15-11-18(26-6)17(25-5)10-14(15)8-9-23(19)20/h10-11H,7-9,12H2,1-6H3. The van der Waals surface area contributed by atoms with E-state index < -0.39 is 0 Å². The smallest absolute Gasteiger partial charge is 0.355 e. The highest BCUT2D eigenvalue weighted by Crippen LogP contribution is 2.42. The molecular weight excluding hydrogens is 344 g/mol. The average molecular weight is 372 g/mol. The Morgan fingerprint density at radius 2 is 1.85 bits per heavy atom. The fourth-order valence-electron chi connectivity index (χ4n) is 3.88. The number of hydrogen-bond donors (Lipinski definition) is 0. The normalized spacial score (nSPS) is 12.6. The summed E-state index contributed by atoms with van der Waals surface area (Å²) < 4.78 is 18.5. The SMILES string of the molecule is CCOC(=O)c1c(C)c(CN(C)C)c2n1CCc1cc(OC)c(OC)cc1-2. The second kappa shape index (κ2) is 7.64. The van der Waals surface area contributed by atoms with Crippen LogP contribution in [0.3, 0.4) is 0 Å². The van der Waals surface area contributed by atoms with Crippen LogP contribution in [0.15, 0.2) is 12.1 Å². The maximum Gasteiger partial charge on any atom is 0.355 e. The number of nitrogens with zero attached hydrogens (tertiary/aromatic N) is 2. The van der Waals surface area contributed by atoms with Gasteiger partial charge in [0.15, 0.2) is 11.5 Å². The fraction of sp³-hybridized carbons (Fsp3) is 0.476. The van der Waals surface area contributed by atoms with Gasteiger partial charge in [-0.15, -0.1) is 0 Å². The molecule has 0 unspecified atom stereocenters. The number of esters is 1. The summed E-state index contributed by atoms with van der Waals surface area (Å²) >= 11 is 0. The number of aryl methyl sites for hydroxylation is 1. The molecule has 1 aromatic heterocycles. The molecule has 1 aromatic carbocycles. The van der Waals surface area contributed by atoms with Gasteiger partial charge >= 0.3 is 5.97 Å². The van der Waals surface area contributed by atoms with Gasteiger partial charge in [0.05, 0.1) is 26.5 Å². The van der Waals surface area contributed by atoms with Gasteiger partial charge in [0, 0.05) is 18.7 Å². The summed E-state index contributed by atoms with van der Waals surface area (Å²) in [5.41, 5.74) is 6.16. The molecule has 0 saturated carbocycles. The van der Waals surface area contributed by atoms with E-state index in [1.165, 1.54) is 5.56 Å². The number of carbonyl (C=O) groups excluding carboxylic acids is 1. The van der Waals surface area contributed by atoms with E-state index in [0.717, 1.165) is 47.6 Å². The summed E-state index contributed by atoms with van der Waals surface area (Å²) in [6, 6.07) is 4.07. The minimum Gasteiger partial charge on any atom is -0.493 e. The lowest BCUT2D eigenvalue weighted by atomic mass is 9.94. The van der Waals surface area contributed by atoms with Crippen LogP contribution in [0.2, 0.25) is 0 Å². The number of fused-ring (bicyclic) bond motifs is 3. The average Bonchev–Trinajstić information content (AvgIpc) is 2.92. The molecule has 1 aliphatic rings. The predicted molar refractivity (Wildman–Crippen MR) is 105 cm³/mol. The first-order valence-electron chi connectivity index (χ1n) is 9.21. The zero-order chi connectivity index (χ0) is 19.7. The van der Waals surface area contributed by atoms with Gasteiger partial charge in [-0.3, -0.25) is 0 Å². The van der Waals surface area contributed by atoms with E-state index in [1.807, 2.05) is 40.1 Å². The molecule has 6 nitrogen and oxygen atoms in total. The van der Waals surface area contributed by atoms with E-state index in [0.29, 0.717) is 18.1 Å². The van der Waals surface area contributed by atoms with Crippen LogP contribution in [0.1, 0.15) is 34.1 Å². The van der Waals surface area contributed by atoms with Gasteiger partial charge < -0.3 is 23.7 Å². The maximum absolute atomic E-state index is 12.7. The molecule has 2 aromatic rings. The quantitative estimate of drug-likeness (QED) is 0.729. The maximum atomic E-state index is 12.7. The van der Waals surface area contributed by atoms with Crippen molar-refractivity contribution in [3.8, 4) is 22.8 Å². The van der Waals surface area contributed by atoms with Gasteiger partial charge in [-0.1, -0.05) is 0 Å². The third kappa shape index (κ3) is 3.30. The van der Waals surface area contributed by atoms with Crippen molar-refractivity contribution in [2.75, 3.05) is 34.9 Å². The Balaban J connectivity index is 2.27. The van der Waals surface area contributed by atoms with Crippen LogP contribution < -0.4 is 9.47 Å². The van der Waals surface area contributed by atoms with Gasteiger partial charge in [-0.05, 0) is 63.2 Å². The molecule has 0 radical (unpaired) electrons. The number of methoxy groups -OCH3 is 2. The van der Waals surface area contributed by atoms with Crippen LogP contribution in [-0.4, -0.2) is 50.4 Å². The summed E-state index contributed by atoms with van der Waals surface area (Å²) in [5.74, 6) is 1.16. The molecule has 0 saturated heterocycles. The van der Waals surface area contributed by atoms with Crippen molar-refractivity contribution >= 4 is 5.97 Å². The molecule has 0 aliphatic carbocycles. The molecule has 2 heterocycles. The molecule has 0 bridgehead atoms. The number of hydrogen-bond acceptors (Lipinski definition) is 5. The first kappa shape index (κ1) is 19.3. The highest BCUT2D eigenvalue weighted by Gasteiger charge is 2.30. The van der Waals surface area contributed by atoms with Crippen LogP contribution in [-0.2, 0) is 24.2 Å². The third-order valence-electron chi connectivity index (χ3n) is 5.05. The van der Waals surface area contributed by atoms with Gasteiger partial charge in [0.25, 0.3) is 0 Å². The molecule has 27 heavy (non-hydrogen) atoms. The van der Waals surface area contributed by atoms with Gasteiger partial charge in [0.2, 0.25) is 0 Å². The number of benzene rings is 1. The van der Waals surface area contributed by atoms with Gasteiger partial charge in [-0.25, -0.2) is 4.79 Å². The first-order valence-corrected chi connectivity index (χ1v) is 9.21. The predicted octanol–water partition coefficient (Wildman–Crippen LogP) is 3.28. The van der Waals surface area contributed by atoms with Crippen molar-refractivity contribution in [2.24, 2.45) is 0 Å². The molecular formula is C21H28N2O4. The van der Waals surface area contributed by atoms with Crippen molar-refractivity contribution in [2.45, 2.75) is 33.4 Å². The van der Waals surface area contributed by atoms with Crippen molar-refractivity contribution in [1.29, 1.82) is 0 Å². The Bertz CT molecular complexity index is 868. The molecule has 0 spiro atoms. The lowest BCUT2D eigenvalue weighted by Crippen LogP contribution is -2.18. The van der Waals surface area contributed by atoms with E-state index in [9.17, 15) is 4.79 Å². The van der Waals surface area contributed by atoms with Gasteiger partial charge in [-0.2, -0.15) is 0 Å². The first-order chi connectivity index (χ1) is 12.9. The number of ether oxygens (including phenoxy) is 3. The van der Waals surface area contributed by atoms with E-state index in [-0.39, 0.29) is 5.97 Å².